The maximum absolute atomic E-state index is 14.4. The number of aliphatic hydroxyl groups is 1. The van der Waals surface area contributed by atoms with Gasteiger partial charge in [0, 0.05) is 0 Å². The first-order valence-corrected chi connectivity index (χ1v) is 11.6. The van der Waals surface area contributed by atoms with Crippen molar-refractivity contribution in [3.8, 4) is 0 Å². The predicted molar refractivity (Wildman–Crippen MR) is 104 cm³/mol. The van der Waals surface area contributed by atoms with Crippen molar-refractivity contribution in [3.05, 3.63) is 0 Å². The molecule has 0 aromatic heterocycles. The molecule has 3 saturated carbocycles. The van der Waals surface area contributed by atoms with Gasteiger partial charge in [-0.15, -0.1) is 0 Å². The number of rotatable bonds is 6. The van der Waals surface area contributed by atoms with E-state index in [9.17, 15) is 13.9 Å². The molecule has 4 atom stereocenters. The number of alkyl halides is 2. The van der Waals surface area contributed by atoms with Crippen LogP contribution in [0.3, 0.4) is 0 Å². The van der Waals surface area contributed by atoms with E-state index in [0.29, 0.717) is 18.8 Å². The van der Waals surface area contributed by atoms with Crippen LogP contribution in [0.4, 0.5) is 8.78 Å². The van der Waals surface area contributed by atoms with Crippen LogP contribution >= 0.6 is 0 Å². The number of halogens is 2. The molecule has 1 N–H and O–H groups in total. The molecule has 0 saturated heterocycles. The standard InChI is InChI=1S/C23H40F2O/c1-2-3-4-5-16-6-8-17(9-7-16)18-10-12-19(13-11-18)20-14-15-21(26)23(25)22(20)24/h16-23,26H,2-15H2,1H3. The maximum atomic E-state index is 14.4. The second-order valence-corrected chi connectivity index (χ2v) is 9.65. The Kier molecular flexibility index (Phi) is 7.78. The first-order valence-electron chi connectivity index (χ1n) is 11.6. The monoisotopic (exact) mass is 370 g/mol. The first-order chi connectivity index (χ1) is 12.6. The van der Waals surface area contributed by atoms with E-state index in [1.54, 1.807) is 0 Å². The SMILES string of the molecule is CCCCCC1CCC(C2CCC(C3CCC(O)C(F)C3F)CC2)CC1. The quantitative estimate of drug-likeness (QED) is 0.520. The Morgan fingerprint density at radius 1 is 0.692 bits per heavy atom. The minimum absolute atomic E-state index is 0.149. The van der Waals surface area contributed by atoms with E-state index in [4.69, 9.17) is 0 Å². The van der Waals surface area contributed by atoms with E-state index in [1.807, 2.05) is 0 Å². The molecule has 3 aliphatic carbocycles. The van der Waals surface area contributed by atoms with Gasteiger partial charge < -0.3 is 5.11 Å². The van der Waals surface area contributed by atoms with Crippen molar-refractivity contribution in [3.63, 3.8) is 0 Å². The highest BCUT2D eigenvalue weighted by molar-refractivity contribution is 4.93. The molecular formula is C23H40F2O. The van der Waals surface area contributed by atoms with E-state index in [0.717, 1.165) is 30.6 Å². The number of hydrogen-bond acceptors (Lipinski definition) is 1. The van der Waals surface area contributed by atoms with Gasteiger partial charge in [-0.05, 0) is 81.0 Å². The summed E-state index contributed by atoms with van der Waals surface area (Å²) < 4.78 is 28.2. The normalized spacial score (nSPS) is 44.8. The Morgan fingerprint density at radius 3 is 1.88 bits per heavy atom. The lowest BCUT2D eigenvalue weighted by Gasteiger charge is -2.42. The van der Waals surface area contributed by atoms with Gasteiger partial charge in [0.1, 0.15) is 6.17 Å². The highest BCUT2D eigenvalue weighted by Gasteiger charge is 2.44. The van der Waals surface area contributed by atoms with E-state index < -0.39 is 18.4 Å². The van der Waals surface area contributed by atoms with Gasteiger partial charge in [-0.25, -0.2) is 8.78 Å². The van der Waals surface area contributed by atoms with Gasteiger partial charge in [0.05, 0.1) is 6.10 Å². The Balaban J connectivity index is 1.39. The van der Waals surface area contributed by atoms with Crippen molar-refractivity contribution in [2.24, 2.45) is 29.6 Å². The van der Waals surface area contributed by atoms with Crippen molar-refractivity contribution in [1.29, 1.82) is 0 Å². The van der Waals surface area contributed by atoms with Crippen molar-refractivity contribution in [1.82, 2.24) is 0 Å². The summed E-state index contributed by atoms with van der Waals surface area (Å²) in [7, 11) is 0. The Labute approximate surface area is 159 Å². The number of hydrogen-bond donors (Lipinski definition) is 1. The molecule has 3 rings (SSSR count). The van der Waals surface area contributed by atoms with Crippen LogP contribution in [0.5, 0.6) is 0 Å². The van der Waals surface area contributed by atoms with Crippen molar-refractivity contribution in [2.75, 3.05) is 0 Å². The summed E-state index contributed by atoms with van der Waals surface area (Å²) in [6.45, 7) is 2.28. The summed E-state index contributed by atoms with van der Waals surface area (Å²) in [6, 6.07) is 0. The maximum Gasteiger partial charge on any atom is 0.157 e. The molecule has 0 radical (unpaired) electrons. The number of aliphatic hydroxyl groups excluding tert-OH is 1. The van der Waals surface area contributed by atoms with E-state index in [-0.39, 0.29) is 5.92 Å². The van der Waals surface area contributed by atoms with Crippen LogP contribution < -0.4 is 0 Å². The molecule has 1 nitrogen and oxygen atoms in total. The van der Waals surface area contributed by atoms with Crippen molar-refractivity contribution < 1.29 is 13.9 Å². The highest BCUT2D eigenvalue weighted by atomic mass is 19.2. The molecule has 0 aliphatic heterocycles. The summed E-state index contributed by atoms with van der Waals surface area (Å²) in [4.78, 5) is 0. The average Bonchev–Trinajstić information content (AvgIpc) is 2.67. The summed E-state index contributed by atoms with van der Waals surface area (Å²) in [5.41, 5.74) is 0. The van der Waals surface area contributed by atoms with Gasteiger partial charge >= 0.3 is 0 Å². The Bertz CT molecular complexity index is 399. The zero-order chi connectivity index (χ0) is 18.5. The first kappa shape index (κ1) is 20.6. The highest BCUT2D eigenvalue weighted by Crippen LogP contribution is 2.46. The smallest absolute Gasteiger partial charge is 0.157 e. The second kappa shape index (κ2) is 9.85. The third-order valence-corrected chi connectivity index (χ3v) is 8.07. The average molecular weight is 371 g/mol. The fourth-order valence-electron chi connectivity index (χ4n) is 6.30. The summed E-state index contributed by atoms with van der Waals surface area (Å²) in [5.74, 6) is 2.88. The van der Waals surface area contributed by atoms with Crippen LogP contribution in [0.1, 0.15) is 96.8 Å². The van der Waals surface area contributed by atoms with Gasteiger partial charge in [0.15, 0.2) is 6.17 Å². The van der Waals surface area contributed by atoms with Crippen molar-refractivity contribution >= 4 is 0 Å². The van der Waals surface area contributed by atoms with E-state index >= 15 is 0 Å². The van der Waals surface area contributed by atoms with Crippen LogP contribution in [-0.4, -0.2) is 23.6 Å². The molecule has 4 unspecified atom stereocenters. The van der Waals surface area contributed by atoms with Crippen LogP contribution in [0.2, 0.25) is 0 Å². The zero-order valence-electron chi connectivity index (χ0n) is 16.7. The largest absolute Gasteiger partial charge is 0.390 e. The van der Waals surface area contributed by atoms with Gasteiger partial charge in [0.2, 0.25) is 0 Å². The Morgan fingerprint density at radius 2 is 1.27 bits per heavy atom. The van der Waals surface area contributed by atoms with Gasteiger partial charge in [-0.1, -0.05) is 45.4 Å². The van der Waals surface area contributed by atoms with Gasteiger partial charge in [0.25, 0.3) is 0 Å². The third-order valence-electron chi connectivity index (χ3n) is 8.07. The summed E-state index contributed by atoms with van der Waals surface area (Å²) in [5, 5.41) is 9.55. The minimum Gasteiger partial charge on any atom is -0.390 e. The molecule has 0 heterocycles. The molecule has 3 aliphatic rings. The minimum atomic E-state index is -1.66. The second-order valence-electron chi connectivity index (χ2n) is 9.65. The lowest BCUT2D eigenvalue weighted by molar-refractivity contribution is -0.0561. The van der Waals surface area contributed by atoms with Crippen molar-refractivity contribution in [2.45, 2.75) is 115 Å². The third kappa shape index (κ3) is 5.00. The fraction of sp³-hybridized carbons (Fsp3) is 1.00. The van der Waals surface area contributed by atoms with Gasteiger partial charge in [-0.2, -0.15) is 0 Å². The molecule has 0 aromatic carbocycles. The molecule has 0 amide bonds. The molecule has 0 spiro atoms. The van der Waals surface area contributed by atoms with Crippen LogP contribution in [-0.2, 0) is 0 Å². The molecule has 3 heteroatoms. The Hall–Kier alpha value is -0.180. The summed E-state index contributed by atoms with van der Waals surface area (Å²) >= 11 is 0. The van der Waals surface area contributed by atoms with Crippen LogP contribution in [0, 0.1) is 29.6 Å². The topological polar surface area (TPSA) is 20.2 Å². The molecular weight excluding hydrogens is 330 g/mol. The van der Waals surface area contributed by atoms with Crippen LogP contribution in [0.25, 0.3) is 0 Å². The lowest BCUT2D eigenvalue weighted by atomic mass is 9.65. The molecule has 152 valence electrons. The molecule has 0 bridgehead atoms. The molecule has 3 fully saturated rings. The zero-order valence-corrected chi connectivity index (χ0v) is 16.7. The van der Waals surface area contributed by atoms with Gasteiger partial charge in [-0.3, -0.25) is 0 Å². The van der Waals surface area contributed by atoms with E-state index in [1.165, 1.54) is 64.2 Å². The fourth-order valence-corrected chi connectivity index (χ4v) is 6.30. The number of unbranched alkanes of at least 4 members (excludes halogenated alkanes) is 2. The predicted octanol–water partition coefficient (Wildman–Crippen LogP) is 6.63. The molecule has 0 aromatic rings. The summed E-state index contributed by atoms with van der Waals surface area (Å²) in [6.07, 6.45) is 12.7. The molecule has 26 heavy (non-hydrogen) atoms. The van der Waals surface area contributed by atoms with E-state index in [2.05, 4.69) is 6.92 Å². The lowest BCUT2D eigenvalue weighted by Crippen LogP contribution is -2.44. The van der Waals surface area contributed by atoms with Crippen LogP contribution in [0.15, 0.2) is 0 Å².